The molecule has 0 fully saturated rings. The van der Waals surface area contributed by atoms with Crippen molar-refractivity contribution < 1.29 is 4.79 Å². The second-order valence-electron chi connectivity index (χ2n) is 4.10. The SMILES string of the molecule is O=C(CNc1ccc(Br)c(Cl)c1Cl)Nc1ccccc1Br. The second-order valence-corrected chi connectivity index (χ2v) is 6.57. The Morgan fingerprint density at radius 2 is 1.67 bits per heavy atom. The van der Waals surface area contributed by atoms with Gasteiger partial charge in [0.15, 0.2) is 0 Å². The van der Waals surface area contributed by atoms with Gasteiger partial charge in [0, 0.05) is 8.95 Å². The van der Waals surface area contributed by atoms with Crippen LogP contribution in [0.5, 0.6) is 0 Å². The summed E-state index contributed by atoms with van der Waals surface area (Å²) in [7, 11) is 0. The maximum Gasteiger partial charge on any atom is 0.243 e. The van der Waals surface area contributed by atoms with Gasteiger partial charge in [0.25, 0.3) is 0 Å². The summed E-state index contributed by atoms with van der Waals surface area (Å²) < 4.78 is 1.53. The fourth-order valence-corrected chi connectivity index (χ4v) is 2.82. The predicted molar refractivity (Wildman–Crippen MR) is 95.4 cm³/mol. The molecule has 0 aliphatic carbocycles. The largest absolute Gasteiger partial charge is 0.375 e. The highest BCUT2D eigenvalue weighted by molar-refractivity contribution is 9.11. The van der Waals surface area contributed by atoms with Crippen LogP contribution in [0, 0.1) is 0 Å². The number of carbonyl (C=O) groups is 1. The Kier molecular flexibility index (Phi) is 5.93. The molecule has 0 bridgehead atoms. The number of anilines is 2. The number of carbonyl (C=O) groups excluding carboxylic acids is 1. The standard InChI is InChI=1S/C14H10Br2Cl2N2O/c15-8-3-1-2-4-10(8)20-12(21)7-19-11-6-5-9(16)13(17)14(11)18/h1-6,19H,7H2,(H,20,21). The smallest absolute Gasteiger partial charge is 0.243 e. The third-order valence-corrected chi connectivity index (χ3v) is 5.09. The van der Waals surface area contributed by atoms with E-state index in [0.29, 0.717) is 25.9 Å². The summed E-state index contributed by atoms with van der Waals surface area (Å²) in [6.45, 7) is 0.0824. The Morgan fingerprint density at radius 3 is 2.38 bits per heavy atom. The molecule has 2 rings (SSSR count). The summed E-state index contributed by atoms with van der Waals surface area (Å²) in [5, 5.41) is 6.53. The van der Waals surface area contributed by atoms with Gasteiger partial charge >= 0.3 is 0 Å². The molecule has 21 heavy (non-hydrogen) atoms. The summed E-state index contributed by atoms with van der Waals surface area (Å²) in [5.74, 6) is -0.183. The van der Waals surface area contributed by atoms with E-state index in [9.17, 15) is 4.79 Å². The highest BCUT2D eigenvalue weighted by atomic mass is 79.9. The molecule has 0 saturated carbocycles. The van der Waals surface area contributed by atoms with Gasteiger partial charge in [-0.25, -0.2) is 0 Å². The topological polar surface area (TPSA) is 41.1 Å². The van der Waals surface area contributed by atoms with E-state index in [1.54, 1.807) is 12.1 Å². The van der Waals surface area contributed by atoms with Crippen LogP contribution in [-0.4, -0.2) is 12.5 Å². The number of rotatable bonds is 4. The maximum absolute atomic E-state index is 11.9. The second kappa shape index (κ2) is 7.49. The normalized spacial score (nSPS) is 10.3. The molecule has 2 N–H and O–H groups in total. The molecule has 2 aromatic rings. The third kappa shape index (κ3) is 4.36. The minimum absolute atomic E-state index is 0.0824. The zero-order chi connectivity index (χ0) is 15.4. The van der Waals surface area contributed by atoms with Crippen LogP contribution < -0.4 is 10.6 Å². The number of para-hydroxylation sites is 1. The van der Waals surface area contributed by atoms with Crippen molar-refractivity contribution in [3.8, 4) is 0 Å². The first-order valence-electron chi connectivity index (χ1n) is 5.91. The van der Waals surface area contributed by atoms with Crippen LogP contribution >= 0.6 is 55.1 Å². The summed E-state index contributed by atoms with van der Waals surface area (Å²) in [6, 6.07) is 10.9. The zero-order valence-corrected chi connectivity index (χ0v) is 15.3. The Hall–Kier alpha value is -0.750. The molecule has 0 aliphatic rings. The third-order valence-electron chi connectivity index (χ3n) is 2.62. The van der Waals surface area contributed by atoms with E-state index in [-0.39, 0.29) is 12.5 Å². The number of benzene rings is 2. The van der Waals surface area contributed by atoms with Crippen molar-refractivity contribution in [3.05, 3.63) is 55.4 Å². The summed E-state index contributed by atoms with van der Waals surface area (Å²) in [5.41, 5.74) is 1.32. The summed E-state index contributed by atoms with van der Waals surface area (Å²) in [4.78, 5) is 11.9. The van der Waals surface area contributed by atoms with Crippen molar-refractivity contribution in [3.63, 3.8) is 0 Å². The maximum atomic E-state index is 11.9. The number of amides is 1. The van der Waals surface area contributed by atoms with Gasteiger partial charge in [-0.3, -0.25) is 4.79 Å². The lowest BCUT2D eigenvalue weighted by molar-refractivity contribution is -0.114. The zero-order valence-electron chi connectivity index (χ0n) is 10.6. The predicted octanol–water partition coefficient (Wildman–Crippen LogP) is 5.57. The van der Waals surface area contributed by atoms with E-state index in [0.717, 1.165) is 4.47 Å². The van der Waals surface area contributed by atoms with Crippen LogP contribution in [0.25, 0.3) is 0 Å². The van der Waals surface area contributed by atoms with Crippen LogP contribution in [0.1, 0.15) is 0 Å². The lowest BCUT2D eigenvalue weighted by Gasteiger charge is -2.11. The van der Waals surface area contributed by atoms with Crippen molar-refractivity contribution >= 4 is 72.3 Å². The van der Waals surface area contributed by atoms with Crippen molar-refractivity contribution in [1.82, 2.24) is 0 Å². The fourth-order valence-electron chi connectivity index (χ4n) is 1.59. The molecular weight excluding hydrogens is 443 g/mol. The van der Waals surface area contributed by atoms with E-state index < -0.39 is 0 Å². The van der Waals surface area contributed by atoms with Crippen LogP contribution in [-0.2, 0) is 4.79 Å². The first-order valence-corrected chi connectivity index (χ1v) is 8.25. The molecule has 0 unspecified atom stereocenters. The number of nitrogens with one attached hydrogen (secondary N) is 2. The minimum Gasteiger partial charge on any atom is -0.375 e. The molecule has 7 heteroatoms. The lowest BCUT2D eigenvalue weighted by atomic mass is 10.3. The Balaban J connectivity index is 1.99. The van der Waals surface area contributed by atoms with Crippen molar-refractivity contribution in [1.29, 1.82) is 0 Å². The summed E-state index contributed by atoms with van der Waals surface area (Å²) in [6.07, 6.45) is 0. The fraction of sp³-hybridized carbons (Fsp3) is 0.0714. The molecule has 2 aromatic carbocycles. The average molecular weight is 453 g/mol. The molecule has 1 amide bonds. The molecule has 0 heterocycles. The highest BCUT2D eigenvalue weighted by Crippen LogP contribution is 2.35. The van der Waals surface area contributed by atoms with Crippen molar-refractivity contribution in [2.24, 2.45) is 0 Å². The van der Waals surface area contributed by atoms with Crippen LogP contribution in [0.15, 0.2) is 45.3 Å². The van der Waals surface area contributed by atoms with E-state index in [4.69, 9.17) is 23.2 Å². The van der Waals surface area contributed by atoms with E-state index >= 15 is 0 Å². The van der Waals surface area contributed by atoms with Crippen LogP contribution in [0.4, 0.5) is 11.4 Å². The Bertz CT molecular complexity index is 680. The van der Waals surface area contributed by atoms with E-state index in [1.165, 1.54) is 0 Å². The van der Waals surface area contributed by atoms with Crippen LogP contribution in [0.2, 0.25) is 10.0 Å². The minimum atomic E-state index is -0.183. The lowest BCUT2D eigenvalue weighted by Crippen LogP contribution is -2.22. The summed E-state index contributed by atoms with van der Waals surface area (Å²) >= 11 is 18.8. The van der Waals surface area contributed by atoms with Gasteiger partial charge in [0.05, 0.1) is 28.0 Å². The van der Waals surface area contributed by atoms with E-state index in [2.05, 4.69) is 42.5 Å². The van der Waals surface area contributed by atoms with Gasteiger partial charge in [-0.05, 0) is 56.1 Å². The van der Waals surface area contributed by atoms with Crippen LogP contribution in [0.3, 0.4) is 0 Å². The molecule has 3 nitrogen and oxygen atoms in total. The molecule has 0 aliphatic heterocycles. The highest BCUT2D eigenvalue weighted by Gasteiger charge is 2.10. The molecule has 0 saturated heterocycles. The van der Waals surface area contributed by atoms with Crippen molar-refractivity contribution in [2.75, 3.05) is 17.2 Å². The Labute approximate surface area is 149 Å². The van der Waals surface area contributed by atoms with Gasteiger partial charge in [-0.1, -0.05) is 35.3 Å². The molecule has 0 aromatic heterocycles. The first-order chi connectivity index (χ1) is 9.99. The monoisotopic (exact) mass is 450 g/mol. The molecule has 0 radical (unpaired) electrons. The number of hydrogen-bond acceptors (Lipinski definition) is 2. The van der Waals surface area contributed by atoms with Gasteiger partial charge < -0.3 is 10.6 Å². The molecule has 0 spiro atoms. The van der Waals surface area contributed by atoms with Gasteiger partial charge in [-0.2, -0.15) is 0 Å². The van der Waals surface area contributed by atoms with Crippen molar-refractivity contribution in [2.45, 2.75) is 0 Å². The molecule has 110 valence electrons. The first kappa shape index (κ1) is 16.6. The Morgan fingerprint density at radius 1 is 0.952 bits per heavy atom. The average Bonchev–Trinajstić information content (AvgIpc) is 2.46. The van der Waals surface area contributed by atoms with Gasteiger partial charge in [0.2, 0.25) is 5.91 Å². The number of hydrogen-bond donors (Lipinski definition) is 2. The molecule has 0 atom stereocenters. The van der Waals surface area contributed by atoms with E-state index in [1.807, 2.05) is 24.3 Å². The van der Waals surface area contributed by atoms with Gasteiger partial charge in [-0.15, -0.1) is 0 Å². The number of halogens is 4. The van der Waals surface area contributed by atoms with Gasteiger partial charge in [0.1, 0.15) is 0 Å². The molecular formula is C14H10Br2Cl2N2O. The quantitative estimate of drug-likeness (QED) is 0.595.